The molecule has 1 heterocycles. The number of aromatic nitrogens is 2. The number of carboxylic acids is 1. The molecule has 9 heteroatoms. The van der Waals surface area contributed by atoms with E-state index in [-0.39, 0.29) is 23.6 Å². The van der Waals surface area contributed by atoms with Gasteiger partial charge in [-0.15, -0.1) is 13.2 Å². The van der Waals surface area contributed by atoms with Crippen molar-refractivity contribution in [3.8, 4) is 5.75 Å². The lowest BCUT2D eigenvalue weighted by Gasteiger charge is -2.40. The van der Waals surface area contributed by atoms with Crippen LogP contribution in [0.5, 0.6) is 5.75 Å². The second-order valence-electron chi connectivity index (χ2n) is 10.7. The van der Waals surface area contributed by atoms with E-state index in [9.17, 15) is 18.0 Å². The van der Waals surface area contributed by atoms with Crippen LogP contribution in [-0.2, 0) is 11.2 Å². The van der Waals surface area contributed by atoms with E-state index < -0.39 is 12.3 Å². The highest BCUT2D eigenvalue weighted by Gasteiger charge is 2.35. The van der Waals surface area contributed by atoms with Crippen LogP contribution in [0.1, 0.15) is 63.6 Å². The number of imidazole rings is 1. The van der Waals surface area contributed by atoms with Crippen LogP contribution in [0.25, 0.3) is 11.0 Å². The second kappa shape index (κ2) is 9.67. The lowest BCUT2D eigenvalue weighted by molar-refractivity contribution is -0.274. The van der Waals surface area contributed by atoms with Crippen molar-refractivity contribution in [2.45, 2.75) is 72.2 Å². The van der Waals surface area contributed by atoms with Crippen molar-refractivity contribution in [3.63, 3.8) is 0 Å². The quantitative estimate of drug-likeness (QED) is 0.352. The molecule has 1 aliphatic carbocycles. The van der Waals surface area contributed by atoms with Gasteiger partial charge in [-0.2, -0.15) is 0 Å². The van der Waals surface area contributed by atoms with Crippen molar-refractivity contribution in [1.82, 2.24) is 9.55 Å². The Kier molecular flexibility index (Phi) is 6.94. The zero-order chi connectivity index (χ0) is 26.3. The van der Waals surface area contributed by atoms with Gasteiger partial charge in [0.15, 0.2) is 0 Å². The van der Waals surface area contributed by atoms with Crippen molar-refractivity contribution < 1.29 is 27.8 Å². The van der Waals surface area contributed by atoms with Crippen LogP contribution >= 0.6 is 0 Å². The van der Waals surface area contributed by atoms with Gasteiger partial charge in [-0.3, -0.25) is 4.79 Å². The summed E-state index contributed by atoms with van der Waals surface area (Å²) in [5.74, 6) is 0.00112. The number of anilines is 2. The van der Waals surface area contributed by atoms with Gasteiger partial charge in [0, 0.05) is 18.2 Å². The number of hydrogen-bond acceptors (Lipinski definition) is 4. The Labute approximate surface area is 208 Å². The fourth-order valence-electron chi connectivity index (χ4n) is 5.71. The number of ether oxygens (including phenoxy) is 1. The molecule has 1 aliphatic rings. The Morgan fingerprint density at radius 3 is 2.53 bits per heavy atom. The molecular weight excluding hydrogens is 471 g/mol. The third kappa shape index (κ3) is 6.12. The Morgan fingerprint density at radius 1 is 1.22 bits per heavy atom. The fraction of sp³-hybridized carbons (Fsp3) is 0.481. The average molecular weight is 504 g/mol. The smallest absolute Gasteiger partial charge is 0.481 e. The number of carbonyl (C=O) groups is 1. The lowest BCUT2D eigenvalue weighted by atomic mass is 9.70. The van der Waals surface area contributed by atoms with E-state index in [2.05, 4.69) is 35.4 Å². The number of halogens is 3. The van der Waals surface area contributed by atoms with E-state index in [1.165, 1.54) is 24.3 Å². The van der Waals surface area contributed by atoms with Gasteiger partial charge in [0.2, 0.25) is 5.95 Å². The maximum Gasteiger partial charge on any atom is 0.573 e. The van der Waals surface area contributed by atoms with Crippen LogP contribution in [0.15, 0.2) is 36.4 Å². The van der Waals surface area contributed by atoms with Crippen LogP contribution in [0.3, 0.4) is 0 Å². The molecule has 1 aromatic heterocycles. The highest BCUT2D eigenvalue weighted by atomic mass is 19.4. The highest BCUT2D eigenvalue weighted by molar-refractivity contribution is 5.84. The van der Waals surface area contributed by atoms with Gasteiger partial charge < -0.3 is 19.7 Å². The number of fused-ring (bicyclic) bond motifs is 1. The molecule has 0 spiro atoms. The van der Waals surface area contributed by atoms with E-state index >= 15 is 0 Å². The standard InChI is InChI=1S/C27H32F3N3O3/c1-16-11-20(15-26(3,4)14-16)33-24-17(2)12-18(5-10-23(34)35)13-22(24)32-25(33)31-19-6-8-21(9-7-19)36-27(28,29)30/h6-9,12-13,16,20H,5,10-11,14-15H2,1-4H3,(H,31,32)(H,34,35)/t16-,20+/m0/s1. The van der Waals surface area contributed by atoms with Crippen molar-refractivity contribution in [2.75, 3.05) is 5.32 Å². The summed E-state index contributed by atoms with van der Waals surface area (Å²) in [6.45, 7) is 8.82. The van der Waals surface area contributed by atoms with Crippen LogP contribution < -0.4 is 10.1 Å². The molecular formula is C27H32F3N3O3. The largest absolute Gasteiger partial charge is 0.573 e. The van der Waals surface area contributed by atoms with Crippen LogP contribution in [0, 0.1) is 18.3 Å². The third-order valence-corrected chi connectivity index (χ3v) is 6.74. The summed E-state index contributed by atoms with van der Waals surface area (Å²) < 4.78 is 43.8. The Morgan fingerprint density at radius 2 is 1.92 bits per heavy atom. The minimum Gasteiger partial charge on any atom is -0.481 e. The molecule has 1 fully saturated rings. The maximum atomic E-state index is 12.5. The summed E-state index contributed by atoms with van der Waals surface area (Å²) in [6.07, 6.45) is -1.20. The minimum absolute atomic E-state index is 0.0391. The number of benzene rings is 2. The van der Waals surface area contributed by atoms with Crippen molar-refractivity contribution >= 4 is 28.6 Å². The first kappa shape index (κ1) is 25.9. The fourth-order valence-corrected chi connectivity index (χ4v) is 5.71. The molecule has 0 amide bonds. The summed E-state index contributed by atoms with van der Waals surface area (Å²) in [5, 5.41) is 12.4. The molecule has 194 valence electrons. The number of hydrogen-bond donors (Lipinski definition) is 2. The lowest BCUT2D eigenvalue weighted by Crippen LogP contribution is -2.30. The van der Waals surface area contributed by atoms with Gasteiger partial charge in [-0.25, -0.2) is 4.98 Å². The second-order valence-corrected chi connectivity index (χ2v) is 10.7. The van der Waals surface area contributed by atoms with Crippen molar-refractivity contribution in [2.24, 2.45) is 11.3 Å². The number of aryl methyl sites for hydroxylation is 2. The zero-order valence-electron chi connectivity index (χ0n) is 20.9. The molecule has 36 heavy (non-hydrogen) atoms. The number of nitrogens with zero attached hydrogens (tertiary/aromatic N) is 2. The maximum absolute atomic E-state index is 12.5. The molecule has 4 rings (SSSR count). The SMILES string of the molecule is Cc1cc(CCC(=O)O)cc2nc(Nc3ccc(OC(F)(F)F)cc3)n([C@@H]3C[C@H](C)CC(C)(C)C3)c12. The van der Waals surface area contributed by atoms with Crippen molar-refractivity contribution in [1.29, 1.82) is 0 Å². The van der Waals surface area contributed by atoms with Crippen LogP contribution in [-0.4, -0.2) is 27.0 Å². The molecule has 0 saturated heterocycles. The highest BCUT2D eigenvalue weighted by Crippen LogP contribution is 2.46. The van der Waals surface area contributed by atoms with Crippen LogP contribution in [0.2, 0.25) is 0 Å². The van der Waals surface area contributed by atoms with E-state index in [4.69, 9.17) is 10.1 Å². The normalized spacial score (nSPS) is 19.9. The number of carboxylic acid groups (broad SMARTS) is 1. The molecule has 6 nitrogen and oxygen atoms in total. The molecule has 3 aromatic rings. The molecule has 0 aliphatic heterocycles. The molecule has 2 atom stereocenters. The zero-order valence-corrected chi connectivity index (χ0v) is 20.9. The van der Waals surface area contributed by atoms with Crippen molar-refractivity contribution in [3.05, 3.63) is 47.5 Å². The predicted octanol–water partition coefficient (Wildman–Crippen LogP) is 7.39. The Balaban J connectivity index is 1.75. The van der Waals surface area contributed by atoms with E-state index in [0.717, 1.165) is 41.4 Å². The minimum atomic E-state index is -4.75. The van der Waals surface area contributed by atoms with Gasteiger partial charge in [-0.1, -0.05) is 26.8 Å². The van der Waals surface area contributed by atoms with Gasteiger partial charge in [0.1, 0.15) is 5.75 Å². The van der Waals surface area contributed by atoms with Gasteiger partial charge in [-0.05, 0) is 85.4 Å². The number of aliphatic carboxylic acids is 1. The summed E-state index contributed by atoms with van der Waals surface area (Å²) >= 11 is 0. The first-order valence-corrected chi connectivity index (χ1v) is 12.2. The molecule has 2 N–H and O–H groups in total. The van der Waals surface area contributed by atoms with Gasteiger partial charge in [0.05, 0.1) is 11.0 Å². The van der Waals surface area contributed by atoms with Crippen LogP contribution in [0.4, 0.5) is 24.8 Å². The van der Waals surface area contributed by atoms with Gasteiger partial charge >= 0.3 is 12.3 Å². The monoisotopic (exact) mass is 503 g/mol. The first-order chi connectivity index (χ1) is 16.8. The Hall–Kier alpha value is -3.23. The van der Waals surface area contributed by atoms with E-state index in [1.807, 2.05) is 19.1 Å². The summed E-state index contributed by atoms with van der Waals surface area (Å²) in [5.41, 5.74) is 4.42. The predicted molar refractivity (Wildman–Crippen MR) is 133 cm³/mol. The number of nitrogens with one attached hydrogen (secondary N) is 1. The summed E-state index contributed by atoms with van der Waals surface area (Å²) in [7, 11) is 0. The van der Waals surface area contributed by atoms with E-state index in [1.54, 1.807) is 0 Å². The first-order valence-electron chi connectivity index (χ1n) is 12.2. The summed E-state index contributed by atoms with van der Waals surface area (Å²) in [6, 6.07) is 9.74. The molecule has 0 bridgehead atoms. The molecule has 0 unspecified atom stereocenters. The average Bonchev–Trinajstić information content (AvgIpc) is 3.09. The summed E-state index contributed by atoms with van der Waals surface area (Å²) in [4.78, 5) is 16.0. The molecule has 1 saturated carbocycles. The van der Waals surface area contributed by atoms with E-state index in [0.29, 0.717) is 24.0 Å². The molecule has 2 aromatic carbocycles. The number of rotatable bonds is 7. The number of alkyl halides is 3. The molecule has 0 radical (unpaired) electrons. The topological polar surface area (TPSA) is 76.4 Å². The Bertz CT molecular complexity index is 1250. The van der Waals surface area contributed by atoms with Gasteiger partial charge in [0.25, 0.3) is 0 Å². The third-order valence-electron chi connectivity index (χ3n) is 6.74.